The molecule has 0 unspecified atom stereocenters. The minimum Gasteiger partial charge on any atom is -0.497 e. The number of hydrogen-bond donors (Lipinski definition) is 4. The van der Waals surface area contributed by atoms with Gasteiger partial charge in [0.1, 0.15) is 47.8 Å². The predicted octanol–water partition coefficient (Wildman–Crippen LogP) is 0.647. The SMILES string of the molecule is COc1ccc2c(=O)c(-c3ccc(O[C@H]4O[C@H](CO)[C@@H](O)[C@H](O)[C@H]4O)cc3)coc2c1. The molecule has 1 fully saturated rings. The largest absolute Gasteiger partial charge is 0.497 e. The molecule has 0 spiro atoms. The second kappa shape index (κ2) is 8.66. The maximum atomic E-state index is 12.8. The van der Waals surface area contributed by atoms with Crippen molar-refractivity contribution in [2.24, 2.45) is 0 Å². The zero-order valence-electron chi connectivity index (χ0n) is 16.5. The molecule has 0 bridgehead atoms. The van der Waals surface area contributed by atoms with E-state index in [0.29, 0.717) is 33.6 Å². The van der Waals surface area contributed by atoms with Crippen molar-refractivity contribution in [3.05, 3.63) is 59.0 Å². The van der Waals surface area contributed by atoms with Crippen LogP contribution in [0.1, 0.15) is 0 Å². The standard InChI is InChI=1S/C22H22O9/c1-28-13-6-7-14-16(8-13)29-10-15(18(14)24)11-2-4-12(5-3-11)30-22-21(27)20(26)19(25)17(9-23)31-22/h2-8,10,17,19-23,25-27H,9H2,1H3/t17-,19-,20+,21-,22+/m1/s1. The summed E-state index contributed by atoms with van der Waals surface area (Å²) >= 11 is 0. The summed E-state index contributed by atoms with van der Waals surface area (Å²) in [5, 5.41) is 39.5. The molecule has 2 aromatic carbocycles. The Bertz CT molecular complexity index is 1110. The second-order valence-corrected chi connectivity index (χ2v) is 7.18. The van der Waals surface area contributed by atoms with Crippen LogP contribution in [-0.4, -0.2) is 64.8 Å². The van der Waals surface area contributed by atoms with E-state index in [4.69, 9.17) is 18.6 Å². The highest BCUT2D eigenvalue weighted by molar-refractivity contribution is 5.82. The first-order valence-corrected chi connectivity index (χ1v) is 9.60. The summed E-state index contributed by atoms with van der Waals surface area (Å²) in [5.41, 5.74) is 1.16. The van der Waals surface area contributed by atoms with Crippen molar-refractivity contribution in [1.82, 2.24) is 0 Å². The number of ether oxygens (including phenoxy) is 3. The highest BCUT2D eigenvalue weighted by atomic mass is 16.7. The summed E-state index contributed by atoms with van der Waals surface area (Å²) in [5.74, 6) is 0.876. The Balaban J connectivity index is 1.56. The normalized spacial score (nSPS) is 26.0. The van der Waals surface area contributed by atoms with E-state index in [2.05, 4.69) is 0 Å². The zero-order valence-corrected chi connectivity index (χ0v) is 16.5. The zero-order chi connectivity index (χ0) is 22.1. The van der Waals surface area contributed by atoms with Gasteiger partial charge in [-0.15, -0.1) is 0 Å². The fourth-order valence-corrected chi connectivity index (χ4v) is 3.45. The number of methoxy groups -OCH3 is 1. The molecule has 0 radical (unpaired) electrons. The minimum atomic E-state index is -1.53. The maximum Gasteiger partial charge on any atom is 0.229 e. The van der Waals surface area contributed by atoms with E-state index < -0.39 is 37.3 Å². The van der Waals surface area contributed by atoms with Crippen LogP contribution < -0.4 is 14.9 Å². The van der Waals surface area contributed by atoms with Crippen molar-refractivity contribution >= 4 is 11.0 Å². The molecule has 1 aliphatic heterocycles. The smallest absolute Gasteiger partial charge is 0.229 e. The fraction of sp³-hybridized carbons (Fsp3) is 0.318. The molecule has 1 saturated heterocycles. The number of aliphatic hydroxyl groups excluding tert-OH is 4. The first kappa shape index (κ1) is 21.3. The lowest BCUT2D eigenvalue weighted by molar-refractivity contribution is -0.277. The Morgan fingerprint density at radius 3 is 2.35 bits per heavy atom. The molecule has 5 atom stereocenters. The molecule has 9 nitrogen and oxygen atoms in total. The molecule has 0 saturated carbocycles. The Hall–Kier alpha value is -2.95. The van der Waals surface area contributed by atoms with E-state index >= 15 is 0 Å². The van der Waals surface area contributed by atoms with Crippen LogP contribution in [0.4, 0.5) is 0 Å². The molecule has 0 amide bonds. The average Bonchev–Trinajstić information content (AvgIpc) is 2.80. The van der Waals surface area contributed by atoms with Crippen LogP contribution in [0.15, 0.2) is 57.9 Å². The monoisotopic (exact) mass is 430 g/mol. The molecule has 31 heavy (non-hydrogen) atoms. The summed E-state index contributed by atoms with van der Waals surface area (Å²) in [6.45, 7) is -0.548. The first-order chi connectivity index (χ1) is 14.9. The van der Waals surface area contributed by atoms with Crippen LogP contribution >= 0.6 is 0 Å². The molecule has 4 rings (SSSR count). The predicted molar refractivity (Wildman–Crippen MR) is 109 cm³/mol. The molecule has 3 aromatic rings. The van der Waals surface area contributed by atoms with Crippen molar-refractivity contribution < 1.29 is 39.1 Å². The van der Waals surface area contributed by atoms with Crippen LogP contribution in [0.5, 0.6) is 11.5 Å². The lowest BCUT2D eigenvalue weighted by atomic mass is 9.99. The third-order valence-electron chi connectivity index (χ3n) is 5.25. The molecular formula is C22H22O9. The molecule has 1 aromatic heterocycles. The number of benzene rings is 2. The van der Waals surface area contributed by atoms with Gasteiger partial charge in [0.15, 0.2) is 5.43 Å². The summed E-state index contributed by atoms with van der Waals surface area (Å²) < 4.78 is 21.6. The number of fused-ring (bicyclic) bond motifs is 1. The van der Waals surface area contributed by atoms with Gasteiger partial charge in [0.2, 0.25) is 6.29 Å². The maximum absolute atomic E-state index is 12.8. The summed E-state index contributed by atoms with van der Waals surface area (Å²) in [4.78, 5) is 12.8. The van der Waals surface area contributed by atoms with Crippen molar-refractivity contribution in [3.8, 4) is 22.6 Å². The molecule has 164 valence electrons. The fourth-order valence-electron chi connectivity index (χ4n) is 3.45. The van der Waals surface area contributed by atoms with Crippen LogP contribution in [0, 0.1) is 0 Å². The molecule has 1 aliphatic rings. The molecule has 9 heteroatoms. The van der Waals surface area contributed by atoms with Gasteiger partial charge in [0.25, 0.3) is 0 Å². The molecular weight excluding hydrogens is 408 g/mol. The Morgan fingerprint density at radius 2 is 1.68 bits per heavy atom. The number of hydrogen-bond acceptors (Lipinski definition) is 9. The van der Waals surface area contributed by atoms with Gasteiger partial charge in [-0.25, -0.2) is 0 Å². The van der Waals surface area contributed by atoms with Gasteiger partial charge in [0.05, 0.1) is 24.7 Å². The number of aliphatic hydroxyl groups is 4. The Kier molecular flexibility index (Phi) is 5.94. The second-order valence-electron chi connectivity index (χ2n) is 7.18. The van der Waals surface area contributed by atoms with Crippen LogP contribution in [-0.2, 0) is 4.74 Å². The third kappa shape index (κ3) is 4.01. The quantitative estimate of drug-likeness (QED) is 0.459. The lowest BCUT2D eigenvalue weighted by Gasteiger charge is -2.39. The highest BCUT2D eigenvalue weighted by Gasteiger charge is 2.44. The highest BCUT2D eigenvalue weighted by Crippen LogP contribution is 2.27. The van der Waals surface area contributed by atoms with Crippen molar-refractivity contribution in [2.45, 2.75) is 30.7 Å². The average molecular weight is 430 g/mol. The van der Waals surface area contributed by atoms with E-state index in [9.17, 15) is 25.2 Å². The van der Waals surface area contributed by atoms with Crippen LogP contribution in [0.25, 0.3) is 22.1 Å². The lowest BCUT2D eigenvalue weighted by Crippen LogP contribution is -2.60. The van der Waals surface area contributed by atoms with E-state index in [-0.39, 0.29) is 5.43 Å². The van der Waals surface area contributed by atoms with Crippen molar-refractivity contribution in [3.63, 3.8) is 0 Å². The summed E-state index contributed by atoms with van der Waals surface area (Å²) in [6, 6.07) is 11.4. The van der Waals surface area contributed by atoms with Crippen LogP contribution in [0.3, 0.4) is 0 Å². The number of rotatable bonds is 5. The summed E-state index contributed by atoms with van der Waals surface area (Å²) in [7, 11) is 1.53. The van der Waals surface area contributed by atoms with Gasteiger partial charge in [0, 0.05) is 6.07 Å². The Labute approximate surface area is 176 Å². The molecule has 0 aliphatic carbocycles. The van der Waals surface area contributed by atoms with E-state index in [1.165, 1.54) is 13.4 Å². The third-order valence-corrected chi connectivity index (χ3v) is 5.25. The van der Waals surface area contributed by atoms with E-state index in [1.54, 1.807) is 42.5 Å². The Morgan fingerprint density at radius 1 is 0.968 bits per heavy atom. The van der Waals surface area contributed by atoms with Gasteiger partial charge >= 0.3 is 0 Å². The van der Waals surface area contributed by atoms with Crippen molar-refractivity contribution in [2.75, 3.05) is 13.7 Å². The first-order valence-electron chi connectivity index (χ1n) is 9.60. The molecule has 2 heterocycles. The van der Waals surface area contributed by atoms with Crippen molar-refractivity contribution in [1.29, 1.82) is 0 Å². The van der Waals surface area contributed by atoms with Gasteiger partial charge in [-0.3, -0.25) is 4.79 Å². The minimum absolute atomic E-state index is 0.202. The summed E-state index contributed by atoms with van der Waals surface area (Å²) in [6.07, 6.45) is -5.49. The van der Waals surface area contributed by atoms with Gasteiger partial charge in [-0.2, -0.15) is 0 Å². The van der Waals surface area contributed by atoms with Gasteiger partial charge in [-0.1, -0.05) is 12.1 Å². The molecule has 4 N–H and O–H groups in total. The topological polar surface area (TPSA) is 139 Å². The van der Waals surface area contributed by atoms with Gasteiger partial charge in [-0.05, 0) is 29.8 Å². The van der Waals surface area contributed by atoms with Crippen LogP contribution in [0.2, 0.25) is 0 Å². The van der Waals surface area contributed by atoms with E-state index in [1.807, 2.05) is 0 Å². The van der Waals surface area contributed by atoms with Gasteiger partial charge < -0.3 is 39.1 Å². The van der Waals surface area contributed by atoms with E-state index in [0.717, 1.165) is 0 Å².